The number of aliphatic carboxylic acids is 1. The zero-order valence-corrected chi connectivity index (χ0v) is 11.0. The van der Waals surface area contributed by atoms with Crippen LogP contribution >= 0.6 is 11.3 Å². The second-order valence-corrected chi connectivity index (χ2v) is 5.93. The molecule has 0 radical (unpaired) electrons. The predicted molar refractivity (Wildman–Crippen MR) is 72.2 cm³/mol. The fraction of sp³-hybridized carbons (Fsp3) is 0.308. The van der Waals surface area contributed by atoms with E-state index < -0.39 is 17.8 Å². The molecule has 1 aromatic heterocycles. The average molecular weight is 276 g/mol. The Morgan fingerprint density at radius 1 is 1.42 bits per heavy atom. The van der Waals surface area contributed by atoms with Crippen LogP contribution in [0, 0.1) is 18.8 Å². The number of aromatic nitrogens is 1. The van der Waals surface area contributed by atoms with Crippen LogP contribution in [-0.2, 0) is 9.59 Å². The molecule has 1 aliphatic rings. The normalized spacial score (nSPS) is 21.3. The molecule has 0 aliphatic heterocycles. The van der Waals surface area contributed by atoms with Crippen molar-refractivity contribution < 1.29 is 14.7 Å². The molecule has 98 valence electrons. The van der Waals surface area contributed by atoms with E-state index in [-0.39, 0.29) is 5.91 Å². The molecule has 6 heteroatoms. The highest BCUT2D eigenvalue weighted by atomic mass is 32.1. The number of fused-ring (bicyclic) bond motifs is 1. The first-order valence-corrected chi connectivity index (χ1v) is 6.77. The van der Waals surface area contributed by atoms with Crippen molar-refractivity contribution in [2.24, 2.45) is 11.8 Å². The second-order valence-electron chi connectivity index (χ2n) is 4.69. The Morgan fingerprint density at radius 2 is 2.21 bits per heavy atom. The van der Waals surface area contributed by atoms with Gasteiger partial charge in [0.1, 0.15) is 0 Å². The summed E-state index contributed by atoms with van der Waals surface area (Å²) in [6.45, 7) is 1.94. The van der Waals surface area contributed by atoms with E-state index in [1.165, 1.54) is 0 Å². The number of carbonyl (C=O) groups is 2. The summed E-state index contributed by atoms with van der Waals surface area (Å²) in [5.74, 6) is -2.02. The van der Waals surface area contributed by atoms with Gasteiger partial charge in [-0.15, -0.1) is 11.3 Å². The van der Waals surface area contributed by atoms with E-state index in [2.05, 4.69) is 10.3 Å². The van der Waals surface area contributed by atoms with Crippen molar-refractivity contribution in [2.45, 2.75) is 13.3 Å². The summed E-state index contributed by atoms with van der Waals surface area (Å²) in [4.78, 5) is 26.9. The molecule has 1 heterocycles. The summed E-state index contributed by atoms with van der Waals surface area (Å²) in [6.07, 6.45) is 0.434. The molecule has 1 aliphatic carbocycles. The van der Waals surface area contributed by atoms with Crippen molar-refractivity contribution in [1.29, 1.82) is 0 Å². The van der Waals surface area contributed by atoms with E-state index in [4.69, 9.17) is 5.11 Å². The molecular formula is C13H12N2O3S. The van der Waals surface area contributed by atoms with Crippen LogP contribution in [0.15, 0.2) is 18.2 Å². The highest BCUT2D eigenvalue weighted by Crippen LogP contribution is 2.39. The zero-order valence-electron chi connectivity index (χ0n) is 10.2. The third kappa shape index (κ3) is 2.31. The van der Waals surface area contributed by atoms with E-state index in [1.54, 1.807) is 17.4 Å². The van der Waals surface area contributed by atoms with Gasteiger partial charge in [0.15, 0.2) is 0 Å². The van der Waals surface area contributed by atoms with Gasteiger partial charge in [0, 0.05) is 5.69 Å². The number of anilines is 1. The quantitative estimate of drug-likeness (QED) is 0.901. The third-order valence-electron chi connectivity index (χ3n) is 3.21. The molecule has 0 saturated heterocycles. The standard InChI is InChI=1S/C13H12N2O3S/c1-6-14-10-3-2-7(4-11(10)19-6)15-12(16)8-5-9(8)13(17)18/h2-4,8-9H,5H2,1H3,(H,15,16)(H,17,18). The van der Waals surface area contributed by atoms with Crippen LogP contribution in [-0.4, -0.2) is 22.0 Å². The second kappa shape index (κ2) is 4.31. The largest absolute Gasteiger partial charge is 0.481 e. The molecule has 2 N–H and O–H groups in total. The van der Waals surface area contributed by atoms with Gasteiger partial charge in [-0.05, 0) is 31.5 Å². The summed E-state index contributed by atoms with van der Waals surface area (Å²) in [5.41, 5.74) is 1.60. The van der Waals surface area contributed by atoms with Gasteiger partial charge in [0.25, 0.3) is 0 Å². The Hall–Kier alpha value is -1.95. The van der Waals surface area contributed by atoms with Crippen LogP contribution in [0.1, 0.15) is 11.4 Å². The van der Waals surface area contributed by atoms with Crippen molar-refractivity contribution >= 4 is 39.1 Å². The molecule has 2 unspecified atom stereocenters. The van der Waals surface area contributed by atoms with Gasteiger partial charge >= 0.3 is 5.97 Å². The maximum atomic E-state index is 11.8. The Morgan fingerprint density at radius 3 is 2.89 bits per heavy atom. The van der Waals surface area contributed by atoms with Crippen LogP contribution in [0.3, 0.4) is 0 Å². The fourth-order valence-electron chi connectivity index (χ4n) is 2.11. The summed E-state index contributed by atoms with van der Waals surface area (Å²) >= 11 is 1.57. The first-order valence-electron chi connectivity index (χ1n) is 5.95. The van der Waals surface area contributed by atoms with Crippen molar-refractivity contribution in [2.75, 3.05) is 5.32 Å². The lowest BCUT2D eigenvalue weighted by atomic mass is 10.2. The number of carbonyl (C=O) groups excluding carboxylic acids is 1. The molecule has 1 fully saturated rings. The number of carboxylic acid groups (broad SMARTS) is 1. The number of nitrogens with one attached hydrogen (secondary N) is 1. The molecule has 1 saturated carbocycles. The first-order chi connectivity index (χ1) is 9.04. The highest BCUT2D eigenvalue weighted by molar-refractivity contribution is 7.18. The predicted octanol–water partition coefficient (Wildman–Crippen LogP) is 2.26. The van der Waals surface area contributed by atoms with E-state index in [0.29, 0.717) is 12.1 Å². The fourth-order valence-corrected chi connectivity index (χ4v) is 2.98. The van der Waals surface area contributed by atoms with Gasteiger partial charge < -0.3 is 10.4 Å². The van der Waals surface area contributed by atoms with Crippen LogP contribution in [0.2, 0.25) is 0 Å². The molecular weight excluding hydrogens is 264 g/mol. The van der Waals surface area contributed by atoms with Crippen LogP contribution in [0.25, 0.3) is 10.2 Å². The molecule has 2 atom stereocenters. The lowest BCUT2D eigenvalue weighted by molar-refractivity contribution is -0.139. The number of hydrogen-bond acceptors (Lipinski definition) is 4. The van der Waals surface area contributed by atoms with Crippen molar-refractivity contribution in [1.82, 2.24) is 4.98 Å². The summed E-state index contributed by atoms with van der Waals surface area (Å²) in [5, 5.41) is 12.5. The van der Waals surface area contributed by atoms with Gasteiger partial charge in [-0.1, -0.05) is 0 Å². The highest BCUT2D eigenvalue weighted by Gasteiger charge is 2.48. The minimum Gasteiger partial charge on any atom is -0.481 e. The maximum absolute atomic E-state index is 11.8. The Kier molecular flexibility index (Phi) is 2.74. The number of hydrogen-bond donors (Lipinski definition) is 2. The molecule has 1 aromatic carbocycles. The lowest BCUT2D eigenvalue weighted by Gasteiger charge is -2.03. The average Bonchev–Trinajstić information content (AvgIpc) is 3.06. The molecule has 2 aromatic rings. The number of aryl methyl sites for hydroxylation is 1. The van der Waals surface area contributed by atoms with Crippen molar-refractivity contribution in [3.05, 3.63) is 23.2 Å². The SMILES string of the molecule is Cc1nc2ccc(NC(=O)C3CC3C(=O)O)cc2s1. The number of thiazole rings is 1. The van der Waals surface area contributed by atoms with E-state index in [9.17, 15) is 9.59 Å². The van der Waals surface area contributed by atoms with Crippen molar-refractivity contribution in [3.63, 3.8) is 0 Å². The number of rotatable bonds is 3. The molecule has 0 bridgehead atoms. The monoisotopic (exact) mass is 276 g/mol. The molecule has 5 nitrogen and oxygen atoms in total. The molecule has 0 spiro atoms. The van der Waals surface area contributed by atoms with E-state index in [0.717, 1.165) is 15.2 Å². The summed E-state index contributed by atoms with van der Waals surface area (Å²) in [7, 11) is 0. The Balaban J connectivity index is 1.75. The molecule has 19 heavy (non-hydrogen) atoms. The number of amides is 1. The summed E-state index contributed by atoms with van der Waals surface area (Å²) in [6, 6.07) is 5.52. The minimum absolute atomic E-state index is 0.215. The molecule has 1 amide bonds. The van der Waals surface area contributed by atoms with Gasteiger partial charge in [0.2, 0.25) is 5.91 Å². The minimum atomic E-state index is -0.895. The lowest BCUT2D eigenvalue weighted by Crippen LogP contribution is -2.16. The number of carboxylic acids is 1. The number of nitrogens with zero attached hydrogens (tertiary/aromatic N) is 1. The van der Waals surface area contributed by atoms with Crippen LogP contribution in [0.5, 0.6) is 0 Å². The van der Waals surface area contributed by atoms with Gasteiger partial charge in [-0.3, -0.25) is 9.59 Å². The summed E-state index contributed by atoms with van der Waals surface area (Å²) < 4.78 is 1.01. The third-order valence-corrected chi connectivity index (χ3v) is 4.14. The van der Waals surface area contributed by atoms with E-state index in [1.807, 2.05) is 19.1 Å². The molecule has 3 rings (SSSR count). The van der Waals surface area contributed by atoms with Gasteiger partial charge in [-0.25, -0.2) is 4.98 Å². The Bertz CT molecular complexity index is 680. The van der Waals surface area contributed by atoms with Crippen LogP contribution in [0.4, 0.5) is 5.69 Å². The topological polar surface area (TPSA) is 79.3 Å². The number of benzene rings is 1. The first kappa shape index (κ1) is 12.1. The Labute approximate surface area is 113 Å². The van der Waals surface area contributed by atoms with E-state index >= 15 is 0 Å². The van der Waals surface area contributed by atoms with Crippen LogP contribution < -0.4 is 5.32 Å². The smallest absolute Gasteiger partial charge is 0.307 e. The van der Waals surface area contributed by atoms with Gasteiger partial charge in [-0.2, -0.15) is 0 Å². The van der Waals surface area contributed by atoms with Crippen molar-refractivity contribution in [3.8, 4) is 0 Å². The maximum Gasteiger partial charge on any atom is 0.307 e. The zero-order chi connectivity index (χ0) is 13.6. The van der Waals surface area contributed by atoms with Gasteiger partial charge in [0.05, 0.1) is 27.1 Å².